The summed E-state index contributed by atoms with van der Waals surface area (Å²) in [5.41, 5.74) is 2.42. The third-order valence-corrected chi connectivity index (χ3v) is 12.7. The van der Waals surface area contributed by atoms with Crippen molar-refractivity contribution in [2.45, 2.75) is 71.1 Å². The summed E-state index contributed by atoms with van der Waals surface area (Å²) in [6, 6.07) is 31.6. The summed E-state index contributed by atoms with van der Waals surface area (Å²) in [7, 11) is -2.53. The molecule has 222 valence electrons. The predicted molar refractivity (Wildman–Crippen MR) is 179 cm³/mol. The first-order valence-corrected chi connectivity index (χ1v) is 17.0. The van der Waals surface area contributed by atoms with E-state index in [9.17, 15) is 5.11 Å². The van der Waals surface area contributed by atoms with Crippen molar-refractivity contribution in [1.82, 2.24) is 0 Å². The van der Waals surface area contributed by atoms with Crippen LogP contribution in [0.15, 0.2) is 115 Å². The van der Waals surface area contributed by atoms with Gasteiger partial charge in [0.15, 0.2) is 0 Å². The summed E-state index contributed by atoms with van der Waals surface area (Å²) >= 11 is 0. The SMILES string of the molecule is C=C[C@@H](CC/C(C)=C/COCc1ccccc1)[C@H](O)C#CCCCO[Si](c1ccccc1)(c1ccccc1)C(C)(C)C. The van der Waals surface area contributed by atoms with Gasteiger partial charge in [-0.15, -0.1) is 12.5 Å². The van der Waals surface area contributed by atoms with E-state index in [4.69, 9.17) is 9.16 Å². The Kier molecular flexibility index (Phi) is 13.5. The fourth-order valence-corrected chi connectivity index (χ4v) is 9.89. The Morgan fingerprint density at radius 2 is 1.50 bits per heavy atom. The normalized spacial score (nSPS) is 13.6. The van der Waals surface area contributed by atoms with E-state index in [0.29, 0.717) is 26.2 Å². The highest BCUT2D eigenvalue weighted by atomic mass is 28.4. The Balaban J connectivity index is 1.50. The number of ether oxygens (including phenoxy) is 1. The molecule has 0 saturated heterocycles. The van der Waals surface area contributed by atoms with Crippen molar-refractivity contribution in [3.8, 4) is 11.8 Å². The summed E-state index contributed by atoms with van der Waals surface area (Å²) in [5, 5.41) is 13.3. The first kappa shape index (κ1) is 33.3. The minimum Gasteiger partial charge on any atom is -0.407 e. The summed E-state index contributed by atoms with van der Waals surface area (Å²) < 4.78 is 12.7. The van der Waals surface area contributed by atoms with Gasteiger partial charge in [-0.1, -0.05) is 135 Å². The van der Waals surface area contributed by atoms with E-state index >= 15 is 0 Å². The van der Waals surface area contributed by atoms with Gasteiger partial charge in [-0.05, 0) is 47.2 Å². The Hall–Kier alpha value is -3.20. The minimum absolute atomic E-state index is 0.0463. The Bertz CT molecular complexity index is 1240. The zero-order valence-corrected chi connectivity index (χ0v) is 26.9. The average Bonchev–Trinajstić information content (AvgIpc) is 3.00. The molecule has 0 bridgehead atoms. The third-order valence-electron chi connectivity index (χ3n) is 7.67. The van der Waals surface area contributed by atoms with Crippen LogP contribution in [0.25, 0.3) is 0 Å². The number of allylic oxidation sites excluding steroid dienone is 1. The van der Waals surface area contributed by atoms with E-state index in [-0.39, 0.29) is 11.0 Å². The largest absolute Gasteiger partial charge is 0.407 e. The average molecular weight is 581 g/mol. The maximum Gasteiger partial charge on any atom is 0.261 e. The van der Waals surface area contributed by atoms with Gasteiger partial charge >= 0.3 is 0 Å². The lowest BCUT2D eigenvalue weighted by Gasteiger charge is -2.43. The van der Waals surface area contributed by atoms with Crippen molar-refractivity contribution >= 4 is 18.7 Å². The third kappa shape index (κ3) is 9.68. The van der Waals surface area contributed by atoms with E-state index in [1.807, 2.05) is 24.3 Å². The molecule has 0 saturated carbocycles. The maximum absolute atomic E-state index is 10.7. The molecule has 4 heteroatoms. The van der Waals surface area contributed by atoms with Crippen LogP contribution in [0.1, 0.15) is 58.9 Å². The topological polar surface area (TPSA) is 38.7 Å². The standard InChI is InChI=1S/C38H48O3Si/c1-6-34(27-26-32(2)28-30-40-31-33-19-11-7-12-20-33)37(39)25-17-10-18-29-41-42(38(3,4)5,35-21-13-8-14-22-35)36-23-15-9-16-24-36/h6-9,11-16,19-24,28,34,37,39H,1,10,18,26-27,29-31H2,2-5H3/b32-28+/t34-,37+/m0/s1. The molecule has 0 spiro atoms. The second kappa shape index (κ2) is 17.0. The summed E-state index contributed by atoms with van der Waals surface area (Å²) in [4.78, 5) is 0. The lowest BCUT2D eigenvalue weighted by molar-refractivity contribution is 0.148. The van der Waals surface area contributed by atoms with E-state index < -0.39 is 14.4 Å². The molecule has 42 heavy (non-hydrogen) atoms. The van der Waals surface area contributed by atoms with Crippen molar-refractivity contribution in [2.75, 3.05) is 13.2 Å². The summed E-state index contributed by atoms with van der Waals surface area (Å²) in [5.74, 6) is 6.20. The number of rotatable bonds is 15. The zero-order valence-electron chi connectivity index (χ0n) is 25.9. The lowest BCUT2D eigenvalue weighted by Crippen LogP contribution is -2.66. The molecule has 0 aliphatic carbocycles. The summed E-state index contributed by atoms with van der Waals surface area (Å²) in [6.45, 7) is 14.7. The van der Waals surface area contributed by atoms with E-state index in [0.717, 1.165) is 19.3 Å². The van der Waals surface area contributed by atoms with E-state index in [2.05, 4.69) is 125 Å². The Morgan fingerprint density at radius 3 is 2.05 bits per heavy atom. The van der Waals surface area contributed by atoms with Gasteiger partial charge in [0.2, 0.25) is 0 Å². The first-order chi connectivity index (χ1) is 20.3. The molecular formula is C38H48O3Si. The number of hydrogen-bond donors (Lipinski definition) is 1. The zero-order chi connectivity index (χ0) is 30.3. The molecule has 0 amide bonds. The van der Waals surface area contributed by atoms with Crippen molar-refractivity contribution in [3.63, 3.8) is 0 Å². The molecule has 0 heterocycles. The van der Waals surface area contributed by atoms with Crippen molar-refractivity contribution in [2.24, 2.45) is 5.92 Å². The molecule has 3 nitrogen and oxygen atoms in total. The van der Waals surface area contributed by atoms with E-state index in [1.165, 1.54) is 21.5 Å². The van der Waals surface area contributed by atoms with Crippen LogP contribution >= 0.6 is 0 Å². The van der Waals surface area contributed by atoms with Gasteiger partial charge < -0.3 is 14.3 Å². The number of aliphatic hydroxyl groups is 1. The van der Waals surface area contributed by atoms with Crippen LogP contribution in [0.3, 0.4) is 0 Å². The molecule has 0 unspecified atom stereocenters. The molecule has 3 aromatic rings. The smallest absolute Gasteiger partial charge is 0.261 e. The van der Waals surface area contributed by atoms with Crippen molar-refractivity contribution in [1.29, 1.82) is 0 Å². The van der Waals surface area contributed by atoms with Gasteiger partial charge in [-0.2, -0.15) is 0 Å². The molecule has 1 N–H and O–H groups in total. The van der Waals surface area contributed by atoms with Crippen molar-refractivity contribution < 1.29 is 14.3 Å². The highest BCUT2D eigenvalue weighted by Gasteiger charge is 2.49. The molecule has 3 rings (SSSR count). The van der Waals surface area contributed by atoms with Gasteiger partial charge in [-0.3, -0.25) is 0 Å². The van der Waals surface area contributed by atoms with Gasteiger partial charge in [0, 0.05) is 18.9 Å². The summed E-state index contributed by atoms with van der Waals surface area (Å²) in [6.07, 6.45) is 6.39. The van der Waals surface area contributed by atoms with Gasteiger partial charge in [-0.25, -0.2) is 0 Å². The predicted octanol–water partition coefficient (Wildman–Crippen LogP) is 7.45. The van der Waals surface area contributed by atoms with Gasteiger partial charge in [0.1, 0.15) is 6.10 Å². The Morgan fingerprint density at radius 1 is 0.929 bits per heavy atom. The highest BCUT2D eigenvalue weighted by Crippen LogP contribution is 2.36. The van der Waals surface area contributed by atoms with Crippen LogP contribution < -0.4 is 10.4 Å². The monoisotopic (exact) mass is 580 g/mol. The second-order valence-electron chi connectivity index (χ2n) is 11.9. The molecule has 0 radical (unpaired) electrons. The highest BCUT2D eigenvalue weighted by molar-refractivity contribution is 6.99. The van der Waals surface area contributed by atoms with Crippen LogP contribution in [0.2, 0.25) is 5.04 Å². The maximum atomic E-state index is 10.7. The number of aliphatic hydroxyl groups excluding tert-OH is 1. The first-order valence-electron chi connectivity index (χ1n) is 15.1. The minimum atomic E-state index is -2.53. The number of hydrogen-bond acceptors (Lipinski definition) is 3. The molecule has 0 aliphatic heterocycles. The fraction of sp³-hybridized carbons (Fsp3) is 0.368. The van der Waals surface area contributed by atoms with Gasteiger partial charge in [0.25, 0.3) is 8.32 Å². The van der Waals surface area contributed by atoms with Crippen LogP contribution in [-0.2, 0) is 15.8 Å². The Labute approximate surface area is 255 Å². The van der Waals surface area contributed by atoms with Crippen molar-refractivity contribution in [3.05, 3.63) is 121 Å². The second-order valence-corrected chi connectivity index (χ2v) is 16.2. The lowest BCUT2D eigenvalue weighted by atomic mass is 9.94. The molecule has 0 fully saturated rings. The van der Waals surface area contributed by atoms with Crippen LogP contribution in [0, 0.1) is 17.8 Å². The molecule has 0 aliphatic rings. The molecule has 2 atom stereocenters. The number of unbranched alkanes of at least 4 members (excludes halogenated alkanes) is 1. The van der Waals surface area contributed by atoms with Crippen LogP contribution in [-0.4, -0.2) is 32.7 Å². The van der Waals surface area contributed by atoms with Crippen LogP contribution in [0.4, 0.5) is 0 Å². The molecule has 3 aromatic carbocycles. The van der Waals surface area contributed by atoms with Crippen LogP contribution in [0.5, 0.6) is 0 Å². The fourth-order valence-electron chi connectivity index (χ4n) is 5.28. The van der Waals surface area contributed by atoms with Gasteiger partial charge in [0.05, 0.1) is 13.2 Å². The molecule has 0 aromatic heterocycles. The van der Waals surface area contributed by atoms with E-state index in [1.54, 1.807) is 0 Å². The quantitative estimate of drug-likeness (QED) is 0.0878. The number of benzene rings is 3. The molecular weight excluding hydrogens is 533 g/mol.